The first-order valence-corrected chi connectivity index (χ1v) is 13.7. The monoisotopic (exact) mass is 528 g/mol. The number of aryl methyl sites for hydroxylation is 3. The topological polar surface area (TPSA) is 75.7 Å². The number of carbonyl (C=O) groups is 1. The summed E-state index contributed by atoms with van der Waals surface area (Å²) in [5, 5.41) is 3.16. The summed E-state index contributed by atoms with van der Waals surface area (Å²) in [5.41, 5.74) is 5.16. The van der Waals surface area contributed by atoms with E-state index in [4.69, 9.17) is 16.3 Å². The van der Waals surface area contributed by atoms with Crippen molar-refractivity contribution in [3.63, 3.8) is 0 Å². The van der Waals surface area contributed by atoms with Crippen LogP contribution in [0.3, 0.4) is 0 Å². The summed E-state index contributed by atoms with van der Waals surface area (Å²) in [6.45, 7) is 9.92. The number of carbonyl (C=O) groups excluding carboxylic acids is 1. The van der Waals surface area contributed by atoms with Crippen LogP contribution < -0.4 is 10.1 Å². The summed E-state index contributed by atoms with van der Waals surface area (Å²) >= 11 is 6.27. The van der Waals surface area contributed by atoms with Crippen LogP contribution in [0.15, 0.2) is 65.6 Å². The lowest BCUT2D eigenvalue weighted by atomic mass is 9.96. The minimum Gasteiger partial charge on any atom is -0.492 e. The second-order valence-corrected chi connectivity index (χ2v) is 11.2. The molecule has 0 unspecified atom stereocenters. The van der Waals surface area contributed by atoms with Gasteiger partial charge in [0.05, 0.1) is 29.1 Å². The molecule has 3 rings (SSSR count). The lowest BCUT2D eigenvalue weighted by molar-refractivity contribution is -0.122. The zero-order chi connectivity index (χ0) is 26.5. The first kappa shape index (κ1) is 27.7. The molecule has 0 saturated carbocycles. The number of nitrogens with one attached hydrogen (secondary N) is 1. The number of ether oxygens (including phenoxy) is 1. The molecular formula is C28H33ClN2O4S. The molecule has 0 fully saturated rings. The molecule has 0 bridgehead atoms. The number of hydrogen-bond donors (Lipinski definition) is 1. The average molecular weight is 529 g/mol. The molecule has 192 valence electrons. The van der Waals surface area contributed by atoms with Crippen molar-refractivity contribution in [2.75, 3.05) is 13.2 Å². The standard InChI is InChI=1S/C28H33ClN2O4S/c1-6-35-27-13-12-24(16-26(27)29)36(33,34)31(17-23-10-8-7-9-11-23)18-28(32)30-22(5)25-15-20(3)19(2)14-21(25)4/h7-16,22H,6,17-18H2,1-5H3,(H,30,32)/t22-/m1/s1. The quantitative estimate of drug-likeness (QED) is 0.364. The first-order chi connectivity index (χ1) is 17.0. The molecule has 0 aliphatic carbocycles. The molecule has 0 radical (unpaired) electrons. The van der Waals surface area contributed by atoms with Gasteiger partial charge in [-0.25, -0.2) is 8.42 Å². The molecule has 0 aliphatic heterocycles. The van der Waals surface area contributed by atoms with Crippen LogP contribution >= 0.6 is 11.6 Å². The third-order valence-corrected chi connectivity index (χ3v) is 8.17. The number of halogens is 1. The van der Waals surface area contributed by atoms with Crippen LogP contribution in [-0.4, -0.2) is 31.8 Å². The molecule has 0 aromatic heterocycles. The predicted molar refractivity (Wildman–Crippen MR) is 144 cm³/mol. The fraction of sp³-hybridized carbons (Fsp3) is 0.321. The minimum absolute atomic E-state index is 0.00210. The summed E-state index contributed by atoms with van der Waals surface area (Å²) in [6, 6.07) is 17.4. The molecule has 0 spiro atoms. The summed E-state index contributed by atoms with van der Waals surface area (Å²) in [6.07, 6.45) is 0. The number of hydrogen-bond acceptors (Lipinski definition) is 4. The number of rotatable bonds is 10. The number of benzene rings is 3. The molecule has 3 aromatic rings. The van der Waals surface area contributed by atoms with Gasteiger partial charge in [-0.15, -0.1) is 0 Å². The van der Waals surface area contributed by atoms with E-state index < -0.39 is 15.9 Å². The van der Waals surface area contributed by atoms with Gasteiger partial charge in [-0.3, -0.25) is 4.79 Å². The lowest BCUT2D eigenvalue weighted by Gasteiger charge is -2.24. The smallest absolute Gasteiger partial charge is 0.243 e. The third-order valence-electron chi connectivity index (χ3n) is 6.09. The van der Waals surface area contributed by atoms with Crippen LogP contribution in [0.2, 0.25) is 5.02 Å². The highest BCUT2D eigenvalue weighted by Crippen LogP contribution is 2.29. The van der Waals surface area contributed by atoms with E-state index >= 15 is 0 Å². The van der Waals surface area contributed by atoms with E-state index in [1.165, 1.54) is 28.1 Å². The van der Waals surface area contributed by atoms with Crippen molar-refractivity contribution in [1.29, 1.82) is 0 Å². The van der Waals surface area contributed by atoms with Gasteiger partial charge in [-0.2, -0.15) is 4.31 Å². The molecule has 1 N–H and O–H groups in total. The van der Waals surface area contributed by atoms with E-state index in [9.17, 15) is 13.2 Å². The fourth-order valence-electron chi connectivity index (χ4n) is 4.05. The Balaban J connectivity index is 1.87. The number of nitrogens with zero attached hydrogens (tertiary/aromatic N) is 1. The van der Waals surface area contributed by atoms with Crippen molar-refractivity contribution in [3.8, 4) is 5.75 Å². The number of amides is 1. The van der Waals surface area contributed by atoms with Gasteiger partial charge in [-0.1, -0.05) is 54.1 Å². The normalized spacial score (nSPS) is 12.4. The van der Waals surface area contributed by atoms with Gasteiger partial charge in [0.25, 0.3) is 0 Å². The first-order valence-electron chi connectivity index (χ1n) is 11.9. The van der Waals surface area contributed by atoms with Gasteiger partial charge >= 0.3 is 0 Å². The minimum atomic E-state index is -4.04. The zero-order valence-corrected chi connectivity index (χ0v) is 22.9. The van der Waals surface area contributed by atoms with E-state index in [0.29, 0.717) is 12.4 Å². The molecule has 36 heavy (non-hydrogen) atoms. The molecule has 1 amide bonds. The summed E-state index contributed by atoms with van der Waals surface area (Å²) in [7, 11) is -4.04. The molecular weight excluding hydrogens is 496 g/mol. The second-order valence-electron chi connectivity index (χ2n) is 8.87. The van der Waals surface area contributed by atoms with Gasteiger partial charge in [0, 0.05) is 6.54 Å². The maximum atomic E-state index is 13.6. The fourth-order valence-corrected chi connectivity index (χ4v) is 5.76. The van der Waals surface area contributed by atoms with Crippen LogP contribution in [0.1, 0.15) is 47.7 Å². The summed E-state index contributed by atoms with van der Waals surface area (Å²) < 4.78 is 33.9. The molecule has 0 aliphatic rings. The van der Waals surface area contributed by atoms with E-state index in [0.717, 1.165) is 22.3 Å². The van der Waals surface area contributed by atoms with Gasteiger partial charge in [0.15, 0.2) is 0 Å². The summed E-state index contributed by atoms with van der Waals surface area (Å²) in [5.74, 6) is 0.0136. The SMILES string of the molecule is CCOc1ccc(S(=O)(=O)N(CC(=O)N[C@H](C)c2cc(C)c(C)cc2C)Cc2ccccc2)cc1Cl. The Hall–Kier alpha value is -2.87. The highest BCUT2D eigenvalue weighted by molar-refractivity contribution is 7.89. The Morgan fingerprint density at radius 2 is 1.67 bits per heavy atom. The zero-order valence-electron chi connectivity index (χ0n) is 21.3. The Morgan fingerprint density at radius 3 is 2.31 bits per heavy atom. The van der Waals surface area contributed by atoms with Crippen molar-refractivity contribution >= 4 is 27.5 Å². The van der Waals surface area contributed by atoms with E-state index in [1.54, 1.807) is 0 Å². The second kappa shape index (κ2) is 11.9. The van der Waals surface area contributed by atoms with E-state index in [-0.39, 0.29) is 29.0 Å². The van der Waals surface area contributed by atoms with E-state index in [1.807, 2.05) is 58.0 Å². The molecule has 3 aromatic carbocycles. The van der Waals surface area contributed by atoms with E-state index in [2.05, 4.69) is 24.4 Å². The Bertz CT molecular complexity index is 1330. The van der Waals surface area contributed by atoms with Crippen molar-refractivity contribution < 1.29 is 17.9 Å². The Morgan fingerprint density at radius 1 is 1.00 bits per heavy atom. The van der Waals surface area contributed by atoms with Crippen LogP contribution in [0, 0.1) is 20.8 Å². The van der Waals surface area contributed by atoms with Crippen LogP contribution in [0.25, 0.3) is 0 Å². The average Bonchev–Trinajstić information content (AvgIpc) is 2.82. The van der Waals surface area contributed by atoms with Crippen LogP contribution in [-0.2, 0) is 21.4 Å². The van der Waals surface area contributed by atoms with Crippen molar-refractivity contribution in [1.82, 2.24) is 9.62 Å². The summed E-state index contributed by atoms with van der Waals surface area (Å²) in [4.78, 5) is 13.1. The van der Waals surface area contributed by atoms with Gasteiger partial charge in [-0.05, 0) is 80.6 Å². The van der Waals surface area contributed by atoms with Crippen LogP contribution in [0.4, 0.5) is 0 Å². The largest absolute Gasteiger partial charge is 0.492 e. The third kappa shape index (κ3) is 6.66. The van der Waals surface area contributed by atoms with Crippen molar-refractivity contribution in [3.05, 3.63) is 93.5 Å². The maximum absolute atomic E-state index is 13.6. The predicted octanol–water partition coefficient (Wildman–Crippen LogP) is 5.73. The number of sulfonamides is 1. The Labute approximate surface area is 219 Å². The highest BCUT2D eigenvalue weighted by atomic mass is 35.5. The molecule has 0 saturated heterocycles. The van der Waals surface area contributed by atoms with Gasteiger partial charge in [0.1, 0.15) is 5.75 Å². The molecule has 1 atom stereocenters. The molecule has 6 nitrogen and oxygen atoms in total. The molecule has 0 heterocycles. The van der Waals surface area contributed by atoms with Gasteiger partial charge in [0.2, 0.25) is 15.9 Å². The Kier molecular flexibility index (Phi) is 9.17. The van der Waals surface area contributed by atoms with Crippen molar-refractivity contribution in [2.24, 2.45) is 0 Å². The van der Waals surface area contributed by atoms with Crippen LogP contribution in [0.5, 0.6) is 5.75 Å². The molecule has 8 heteroatoms. The lowest BCUT2D eigenvalue weighted by Crippen LogP contribution is -2.41. The van der Waals surface area contributed by atoms with Crippen molar-refractivity contribution in [2.45, 2.75) is 52.1 Å². The highest BCUT2D eigenvalue weighted by Gasteiger charge is 2.28. The van der Waals surface area contributed by atoms with Gasteiger partial charge < -0.3 is 10.1 Å². The maximum Gasteiger partial charge on any atom is 0.243 e.